The van der Waals surface area contributed by atoms with Crippen molar-refractivity contribution in [2.24, 2.45) is 0 Å². The first-order valence-corrected chi connectivity index (χ1v) is 6.76. The van der Waals surface area contributed by atoms with Crippen molar-refractivity contribution in [3.05, 3.63) is 36.0 Å². The number of hydrogen-bond acceptors (Lipinski definition) is 4. The van der Waals surface area contributed by atoms with Gasteiger partial charge in [0.25, 0.3) is 0 Å². The van der Waals surface area contributed by atoms with Crippen molar-refractivity contribution in [2.45, 2.75) is 25.8 Å². The van der Waals surface area contributed by atoms with E-state index < -0.39 is 0 Å². The van der Waals surface area contributed by atoms with Gasteiger partial charge in [0, 0.05) is 18.5 Å². The van der Waals surface area contributed by atoms with Crippen LogP contribution in [0, 0.1) is 0 Å². The Kier molecular flexibility index (Phi) is 5.24. The van der Waals surface area contributed by atoms with E-state index in [1.807, 2.05) is 24.4 Å². The number of hydrogen-bond donors (Lipinski definition) is 1. The molecule has 1 heterocycles. The molecule has 0 radical (unpaired) electrons. The maximum Gasteiger partial charge on any atom is 0.0932 e. The van der Waals surface area contributed by atoms with Crippen LogP contribution < -0.4 is 5.32 Å². The van der Waals surface area contributed by atoms with Gasteiger partial charge in [-0.05, 0) is 31.0 Å². The number of aromatic nitrogens is 2. The lowest BCUT2D eigenvalue weighted by Gasteiger charge is -2.18. The molecule has 0 bridgehead atoms. The third-order valence-electron chi connectivity index (χ3n) is 3.15. The zero-order valence-electron chi connectivity index (χ0n) is 11.6. The van der Waals surface area contributed by atoms with Crippen LogP contribution in [0.4, 0.5) is 0 Å². The topological polar surface area (TPSA) is 47.0 Å². The average molecular weight is 259 g/mol. The molecule has 0 aliphatic heterocycles. The van der Waals surface area contributed by atoms with E-state index in [2.05, 4.69) is 28.5 Å². The highest BCUT2D eigenvalue weighted by Gasteiger charge is 2.11. The summed E-state index contributed by atoms with van der Waals surface area (Å²) in [5.41, 5.74) is 2.17. The molecule has 2 rings (SSSR count). The fraction of sp³-hybridized carbons (Fsp3) is 0.467. The van der Waals surface area contributed by atoms with Crippen molar-refractivity contribution >= 4 is 10.9 Å². The van der Waals surface area contributed by atoms with E-state index in [-0.39, 0.29) is 0 Å². The van der Waals surface area contributed by atoms with Gasteiger partial charge >= 0.3 is 0 Å². The Hall–Kier alpha value is -1.52. The number of benzene rings is 1. The van der Waals surface area contributed by atoms with Crippen molar-refractivity contribution in [2.75, 3.05) is 20.3 Å². The summed E-state index contributed by atoms with van der Waals surface area (Å²) in [6, 6.07) is 8.44. The van der Waals surface area contributed by atoms with Crippen LogP contribution in [0.25, 0.3) is 10.9 Å². The Morgan fingerprint density at radius 1 is 1.32 bits per heavy atom. The van der Waals surface area contributed by atoms with Gasteiger partial charge in [-0.15, -0.1) is 0 Å². The fourth-order valence-electron chi connectivity index (χ4n) is 2.23. The molecule has 0 saturated carbocycles. The zero-order valence-corrected chi connectivity index (χ0v) is 11.6. The van der Waals surface area contributed by atoms with Gasteiger partial charge in [0.15, 0.2) is 0 Å². The van der Waals surface area contributed by atoms with Crippen LogP contribution in [0.15, 0.2) is 30.5 Å². The van der Waals surface area contributed by atoms with E-state index in [0.717, 1.165) is 24.9 Å². The molecule has 0 aliphatic carbocycles. The van der Waals surface area contributed by atoms with E-state index in [4.69, 9.17) is 4.74 Å². The second kappa shape index (κ2) is 7.16. The van der Waals surface area contributed by atoms with Crippen molar-refractivity contribution in [1.29, 1.82) is 0 Å². The lowest BCUT2D eigenvalue weighted by Crippen LogP contribution is -2.35. The van der Waals surface area contributed by atoms with Gasteiger partial charge < -0.3 is 10.1 Å². The Labute approximate surface area is 114 Å². The highest BCUT2D eigenvalue weighted by molar-refractivity contribution is 5.81. The summed E-state index contributed by atoms with van der Waals surface area (Å²) in [5.74, 6) is 0. The summed E-state index contributed by atoms with van der Waals surface area (Å²) >= 11 is 0. The van der Waals surface area contributed by atoms with Crippen LogP contribution in [0.2, 0.25) is 0 Å². The molecular weight excluding hydrogens is 238 g/mol. The van der Waals surface area contributed by atoms with Crippen molar-refractivity contribution in [1.82, 2.24) is 15.5 Å². The summed E-state index contributed by atoms with van der Waals surface area (Å²) in [6.45, 7) is 3.88. The summed E-state index contributed by atoms with van der Waals surface area (Å²) in [7, 11) is 1.74. The van der Waals surface area contributed by atoms with Gasteiger partial charge in [-0.2, -0.15) is 10.2 Å². The molecule has 1 atom stereocenters. The van der Waals surface area contributed by atoms with E-state index in [1.165, 1.54) is 10.9 Å². The lowest BCUT2D eigenvalue weighted by molar-refractivity contribution is 0.166. The Bertz CT molecular complexity index is 510. The summed E-state index contributed by atoms with van der Waals surface area (Å²) in [6.07, 6.45) is 3.89. The van der Waals surface area contributed by atoms with Crippen LogP contribution in [0.5, 0.6) is 0 Å². The lowest BCUT2D eigenvalue weighted by atomic mass is 10.0. The largest absolute Gasteiger partial charge is 0.383 e. The highest BCUT2D eigenvalue weighted by atomic mass is 16.5. The normalized spacial score (nSPS) is 12.7. The van der Waals surface area contributed by atoms with E-state index in [0.29, 0.717) is 12.6 Å². The number of methoxy groups -OCH3 is 1. The molecule has 1 N–H and O–H groups in total. The van der Waals surface area contributed by atoms with Gasteiger partial charge in [-0.1, -0.05) is 25.1 Å². The molecular formula is C15H21N3O. The van der Waals surface area contributed by atoms with Gasteiger partial charge in [-0.3, -0.25) is 0 Å². The highest BCUT2D eigenvalue weighted by Crippen LogP contribution is 2.16. The van der Waals surface area contributed by atoms with Crippen molar-refractivity contribution < 1.29 is 4.74 Å². The number of nitrogens with zero attached hydrogens (tertiary/aromatic N) is 2. The first-order chi connectivity index (χ1) is 9.35. The molecule has 4 heteroatoms. The first kappa shape index (κ1) is 13.9. The van der Waals surface area contributed by atoms with E-state index in [9.17, 15) is 0 Å². The first-order valence-electron chi connectivity index (χ1n) is 6.76. The molecule has 0 aliphatic rings. The second-order valence-corrected chi connectivity index (χ2v) is 4.70. The summed E-state index contributed by atoms with van der Waals surface area (Å²) in [5, 5.41) is 12.9. The molecule has 0 spiro atoms. The molecule has 4 nitrogen and oxygen atoms in total. The molecule has 0 saturated heterocycles. The Balaban J connectivity index is 2.18. The van der Waals surface area contributed by atoms with Gasteiger partial charge in [0.2, 0.25) is 0 Å². The number of nitrogens with one attached hydrogen (secondary N) is 1. The van der Waals surface area contributed by atoms with Crippen molar-refractivity contribution in [3.8, 4) is 0 Å². The van der Waals surface area contributed by atoms with Crippen LogP contribution in [-0.4, -0.2) is 36.5 Å². The molecule has 1 aromatic heterocycles. The Morgan fingerprint density at radius 2 is 2.16 bits per heavy atom. The standard InChI is InChI=1S/C15H21N3O/c1-3-8-16-13(11-19-2)9-12-10-17-18-15-7-5-4-6-14(12)15/h4-7,10,13,16H,3,8-9,11H2,1-2H3. The third kappa shape index (κ3) is 3.72. The quantitative estimate of drug-likeness (QED) is 0.828. The van der Waals surface area contributed by atoms with Crippen LogP contribution in [0.3, 0.4) is 0 Å². The minimum Gasteiger partial charge on any atom is -0.383 e. The molecule has 2 aromatic rings. The maximum atomic E-state index is 5.29. The number of fused-ring (bicyclic) bond motifs is 1. The molecule has 0 fully saturated rings. The van der Waals surface area contributed by atoms with Gasteiger partial charge in [0.05, 0.1) is 18.3 Å². The predicted octanol–water partition coefficient (Wildman–Crippen LogP) is 2.19. The second-order valence-electron chi connectivity index (χ2n) is 4.70. The van der Waals surface area contributed by atoms with Crippen LogP contribution in [0.1, 0.15) is 18.9 Å². The number of rotatable bonds is 7. The monoisotopic (exact) mass is 259 g/mol. The van der Waals surface area contributed by atoms with Gasteiger partial charge in [-0.25, -0.2) is 0 Å². The Morgan fingerprint density at radius 3 is 2.95 bits per heavy atom. The molecule has 102 valence electrons. The predicted molar refractivity (Wildman–Crippen MR) is 77.2 cm³/mol. The summed E-state index contributed by atoms with van der Waals surface area (Å²) < 4.78 is 5.29. The maximum absolute atomic E-state index is 5.29. The van der Waals surface area contributed by atoms with Gasteiger partial charge in [0.1, 0.15) is 0 Å². The minimum atomic E-state index is 0.317. The van der Waals surface area contributed by atoms with E-state index >= 15 is 0 Å². The summed E-state index contributed by atoms with van der Waals surface area (Å²) in [4.78, 5) is 0. The molecule has 0 amide bonds. The SMILES string of the molecule is CCCNC(COC)Cc1cnnc2ccccc12. The third-order valence-corrected chi connectivity index (χ3v) is 3.15. The van der Waals surface area contributed by atoms with Crippen molar-refractivity contribution in [3.63, 3.8) is 0 Å². The minimum absolute atomic E-state index is 0.317. The zero-order chi connectivity index (χ0) is 13.5. The molecule has 1 unspecified atom stereocenters. The molecule has 19 heavy (non-hydrogen) atoms. The fourth-order valence-corrected chi connectivity index (χ4v) is 2.23. The van der Waals surface area contributed by atoms with Crippen LogP contribution >= 0.6 is 0 Å². The van der Waals surface area contributed by atoms with Crippen LogP contribution in [-0.2, 0) is 11.2 Å². The average Bonchev–Trinajstić information content (AvgIpc) is 2.45. The molecule has 1 aromatic carbocycles. The number of ether oxygens (including phenoxy) is 1. The van der Waals surface area contributed by atoms with E-state index in [1.54, 1.807) is 7.11 Å². The smallest absolute Gasteiger partial charge is 0.0932 e.